The van der Waals surface area contributed by atoms with Crippen LogP contribution in [0, 0.1) is 0 Å². The standard InChI is InChI=1S/C21H23Cl2N5O2/c1-21(2,3)17-13-18(28(27-17)20-24-9-5-10-25-20)26-19(29)6-4-11-30-16-8-7-14(22)12-15(16)23/h5,7-10,12-13H,4,6,11H2,1-3H3,(H,26,29). The smallest absolute Gasteiger partial charge is 0.252 e. The third-order valence-electron chi connectivity index (χ3n) is 4.19. The van der Waals surface area contributed by atoms with E-state index >= 15 is 0 Å². The Labute approximate surface area is 185 Å². The summed E-state index contributed by atoms with van der Waals surface area (Å²) in [5.74, 6) is 1.30. The first-order chi connectivity index (χ1) is 14.2. The van der Waals surface area contributed by atoms with E-state index < -0.39 is 0 Å². The van der Waals surface area contributed by atoms with Gasteiger partial charge in [-0.15, -0.1) is 0 Å². The number of carbonyl (C=O) groups is 1. The fourth-order valence-corrected chi connectivity index (χ4v) is 3.07. The number of amides is 1. The van der Waals surface area contributed by atoms with Gasteiger partial charge in [0.25, 0.3) is 5.95 Å². The van der Waals surface area contributed by atoms with Gasteiger partial charge in [0.2, 0.25) is 5.91 Å². The molecule has 3 aromatic rings. The first-order valence-corrected chi connectivity index (χ1v) is 10.3. The normalized spacial score (nSPS) is 11.4. The summed E-state index contributed by atoms with van der Waals surface area (Å²) >= 11 is 12.0. The van der Waals surface area contributed by atoms with E-state index in [1.54, 1.807) is 41.3 Å². The highest BCUT2D eigenvalue weighted by Crippen LogP contribution is 2.28. The van der Waals surface area contributed by atoms with Crippen molar-refractivity contribution in [1.82, 2.24) is 19.7 Å². The van der Waals surface area contributed by atoms with Crippen LogP contribution in [0.2, 0.25) is 10.0 Å². The number of benzene rings is 1. The molecule has 1 amide bonds. The van der Waals surface area contributed by atoms with E-state index in [1.165, 1.54) is 0 Å². The molecular formula is C21H23Cl2N5O2. The van der Waals surface area contributed by atoms with E-state index in [-0.39, 0.29) is 17.7 Å². The van der Waals surface area contributed by atoms with Crippen molar-refractivity contribution >= 4 is 34.9 Å². The number of nitrogens with one attached hydrogen (secondary N) is 1. The molecule has 7 nitrogen and oxygen atoms in total. The fraction of sp³-hybridized carbons (Fsp3) is 0.333. The SMILES string of the molecule is CC(C)(C)c1cc(NC(=O)CCCOc2ccc(Cl)cc2Cl)n(-c2ncccn2)n1. The Bertz CT molecular complexity index is 1020. The van der Waals surface area contributed by atoms with E-state index in [1.807, 2.05) is 6.07 Å². The zero-order valence-electron chi connectivity index (χ0n) is 17.0. The van der Waals surface area contributed by atoms with Crippen LogP contribution in [0.15, 0.2) is 42.7 Å². The van der Waals surface area contributed by atoms with Crippen LogP contribution in [0.1, 0.15) is 39.3 Å². The second-order valence-electron chi connectivity index (χ2n) is 7.70. The molecule has 2 aromatic heterocycles. The van der Waals surface area contributed by atoms with Crippen molar-refractivity contribution < 1.29 is 9.53 Å². The molecule has 1 N–H and O–H groups in total. The lowest BCUT2D eigenvalue weighted by Gasteiger charge is -2.13. The first kappa shape index (κ1) is 22.1. The highest BCUT2D eigenvalue weighted by Gasteiger charge is 2.22. The van der Waals surface area contributed by atoms with Crippen LogP contribution >= 0.6 is 23.2 Å². The highest BCUT2D eigenvalue weighted by atomic mass is 35.5. The highest BCUT2D eigenvalue weighted by molar-refractivity contribution is 6.35. The summed E-state index contributed by atoms with van der Waals surface area (Å²) in [4.78, 5) is 20.9. The minimum Gasteiger partial charge on any atom is -0.492 e. The molecule has 0 spiro atoms. The number of nitrogens with zero attached hydrogens (tertiary/aromatic N) is 4. The number of hydrogen-bond acceptors (Lipinski definition) is 5. The Morgan fingerprint density at radius 3 is 2.57 bits per heavy atom. The van der Waals surface area contributed by atoms with Crippen LogP contribution in [0.5, 0.6) is 5.75 Å². The number of hydrogen-bond donors (Lipinski definition) is 1. The van der Waals surface area contributed by atoms with E-state index in [0.717, 1.165) is 5.69 Å². The second-order valence-corrected chi connectivity index (χ2v) is 8.54. The lowest BCUT2D eigenvalue weighted by Crippen LogP contribution is -2.16. The van der Waals surface area contributed by atoms with Gasteiger partial charge in [0, 0.05) is 35.3 Å². The van der Waals surface area contributed by atoms with Gasteiger partial charge in [0.15, 0.2) is 0 Å². The Balaban J connectivity index is 1.62. The van der Waals surface area contributed by atoms with Gasteiger partial charge in [-0.05, 0) is 30.7 Å². The molecule has 3 rings (SSSR count). The summed E-state index contributed by atoms with van der Waals surface area (Å²) in [6.07, 6.45) is 4.06. The Hall–Kier alpha value is -2.64. The molecule has 30 heavy (non-hydrogen) atoms. The van der Waals surface area contributed by atoms with Gasteiger partial charge < -0.3 is 10.1 Å². The molecule has 0 aliphatic heterocycles. The number of carbonyl (C=O) groups excluding carboxylic acids is 1. The Morgan fingerprint density at radius 1 is 1.17 bits per heavy atom. The van der Waals surface area contributed by atoms with Gasteiger partial charge >= 0.3 is 0 Å². The van der Waals surface area contributed by atoms with Crippen molar-refractivity contribution in [3.8, 4) is 11.7 Å². The largest absolute Gasteiger partial charge is 0.492 e. The van der Waals surface area contributed by atoms with Crippen molar-refractivity contribution in [1.29, 1.82) is 0 Å². The molecule has 0 aliphatic carbocycles. The Morgan fingerprint density at radius 2 is 1.90 bits per heavy atom. The minimum absolute atomic E-state index is 0.154. The van der Waals surface area contributed by atoms with Crippen molar-refractivity contribution in [3.05, 3.63) is 58.5 Å². The Kier molecular flexibility index (Phi) is 6.95. The molecule has 2 heterocycles. The zero-order valence-corrected chi connectivity index (χ0v) is 18.5. The van der Waals surface area contributed by atoms with Crippen LogP contribution in [0.3, 0.4) is 0 Å². The third kappa shape index (κ3) is 5.70. The average Bonchev–Trinajstić information content (AvgIpc) is 3.11. The van der Waals surface area contributed by atoms with Crippen molar-refractivity contribution in [2.24, 2.45) is 0 Å². The third-order valence-corrected chi connectivity index (χ3v) is 4.72. The molecular weight excluding hydrogens is 425 g/mol. The number of rotatable bonds is 7. The van der Waals surface area contributed by atoms with Crippen molar-refractivity contribution in [2.75, 3.05) is 11.9 Å². The van der Waals surface area contributed by atoms with Gasteiger partial charge in [0.1, 0.15) is 11.6 Å². The van der Waals surface area contributed by atoms with Crippen LogP contribution < -0.4 is 10.1 Å². The molecule has 158 valence electrons. The van der Waals surface area contributed by atoms with Crippen LogP contribution in [-0.2, 0) is 10.2 Å². The number of anilines is 1. The summed E-state index contributed by atoms with van der Waals surface area (Å²) in [6.45, 7) is 6.51. The van der Waals surface area contributed by atoms with E-state index in [2.05, 4.69) is 41.2 Å². The molecule has 0 aliphatic rings. The van der Waals surface area contributed by atoms with Gasteiger partial charge in [-0.1, -0.05) is 44.0 Å². The lowest BCUT2D eigenvalue weighted by atomic mass is 9.92. The summed E-state index contributed by atoms with van der Waals surface area (Å²) < 4.78 is 7.17. The monoisotopic (exact) mass is 447 g/mol. The van der Waals surface area contributed by atoms with Crippen LogP contribution in [-0.4, -0.2) is 32.3 Å². The number of aromatic nitrogens is 4. The van der Waals surface area contributed by atoms with E-state index in [9.17, 15) is 4.79 Å². The first-order valence-electron chi connectivity index (χ1n) is 9.49. The van der Waals surface area contributed by atoms with E-state index in [0.29, 0.717) is 40.6 Å². The maximum atomic E-state index is 12.5. The van der Waals surface area contributed by atoms with E-state index in [4.69, 9.17) is 27.9 Å². The van der Waals surface area contributed by atoms with Gasteiger partial charge in [-0.2, -0.15) is 9.78 Å². The summed E-state index contributed by atoms with van der Waals surface area (Å²) in [5.41, 5.74) is 0.636. The fourth-order valence-electron chi connectivity index (χ4n) is 2.60. The molecule has 0 saturated heterocycles. The second kappa shape index (κ2) is 9.45. The van der Waals surface area contributed by atoms with Gasteiger partial charge in [0.05, 0.1) is 17.3 Å². The number of ether oxygens (including phenoxy) is 1. The maximum Gasteiger partial charge on any atom is 0.252 e. The predicted molar refractivity (Wildman–Crippen MR) is 118 cm³/mol. The molecule has 0 saturated carbocycles. The molecule has 0 bridgehead atoms. The van der Waals surface area contributed by atoms with Crippen LogP contribution in [0.4, 0.5) is 5.82 Å². The maximum absolute atomic E-state index is 12.5. The van der Waals surface area contributed by atoms with Gasteiger partial charge in [-0.25, -0.2) is 9.97 Å². The van der Waals surface area contributed by atoms with Gasteiger partial charge in [-0.3, -0.25) is 4.79 Å². The molecule has 1 aromatic carbocycles. The topological polar surface area (TPSA) is 81.9 Å². The molecule has 0 fully saturated rings. The lowest BCUT2D eigenvalue weighted by molar-refractivity contribution is -0.116. The molecule has 0 unspecified atom stereocenters. The van der Waals surface area contributed by atoms with Crippen LogP contribution in [0.25, 0.3) is 5.95 Å². The zero-order chi connectivity index (χ0) is 21.7. The summed E-state index contributed by atoms with van der Waals surface area (Å²) in [6, 6.07) is 8.60. The quantitative estimate of drug-likeness (QED) is 0.511. The van der Waals surface area contributed by atoms with Crippen molar-refractivity contribution in [2.45, 2.75) is 39.0 Å². The number of halogens is 2. The van der Waals surface area contributed by atoms with Crippen molar-refractivity contribution in [3.63, 3.8) is 0 Å². The molecule has 0 radical (unpaired) electrons. The summed E-state index contributed by atoms with van der Waals surface area (Å²) in [7, 11) is 0. The molecule has 9 heteroatoms. The minimum atomic E-state index is -0.189. The molecule has 0 atom stereocenters. The summed E-state index contributed by atoms with van der Waals surface area (Å²) in [5, 5.41) is 8.47. The average molecular weight is 448 g/mol. The predicted octanol–water partition coefficient (Wildman–Crippen LogP) is 5.06.